The van der Waals surface area contributed by atoms with Gasteiger partial charge in [-0.05, 0) is 97.1 Å². The minimum absolute atomic E-state index is 0.442. The molecule has 3 aliphatic carbocycles. The van der Waals surface area contributed by atoms with Crippen LogP contribution in [0.4, 0.5) is 0 Å². The second-order valence-corrected chi connectivity index (χ2v) is 14.2. The topological polar surface area (TPSA) is 17.8 Å². The van der Waals surface area contributed by atoms with Crippen LogP contribution in [0.5, 0.6) is 0 Å². The molecule has 0 radical (unpaired) electrons. The van der Waals surface area contributed by atoms with E-state index >= 15 is 0 Å². The van der Waals surface area contributed by atoms with Gasteiger partial charge < -0.3 is 0 Å². The van der Waals surface area contributed by atoms with E-state index in [1.165, 1.54) is 88.6 Å². The first-order chi connectivity index (χ1) is 25.3. The summed E-state index contributed by atoms with van der Waals surface area (Å²) in [7, 11) is 0. The highest BCUT2D eigenvalue weighted by Crippen LogP contribution is 2.67. The number of para-hydroxylation sites is 1. The zero-order valence-electron chi connectivity index (χ0n) is 27.7. The summed E-state index contributed by atoms with van der Waals surface area (Å²) in [5, 5.41) is 2.48. The molecule has 236 valence electrons. The molecule has 9 aromatic rings. The second-order valence-electron chi connectivity index (χ2n) is 14.2. The Morgan fingerprint density at radius 3 is 1.33 bits per heavy atom. The molecule has 0 bridgehead atoms. The monoisotopic (exact) mass is 646 g/mol. The molecule has 2 aromatic heterocycles. The Morgan fingerprint density at radius 1 is 0.333 bits per heavy atom. The van der Waals surface area contributed by atoms with Gasteiger partial charge in [0.05, 0.1) is 21.9 Å². The fraction of sp³-hybridized carbons (Fsp3) is 0.0408. The normalized spacial score (nSPS) is 15.0. The van der Waals surface area contributed by atoms with Gasteiger partial charge in [-0.1, -0.05) is 146 Å². The maximum absolute atomic E-state index is 4.84. The maximum Gasteiger partial charge on any atom is 0.137 e. The zero-order chi connectivity index (χ0) is 33.3. The minimum atomic E-state index is -0.515. The number of rotatable bonds is 1. The molecule has 0 saturated heterocycles. The first-order valence-electron chi connectivity index (χ1n) is 17.8. The van der Waals surface area contributed by atoms with Crippen LogP contribution in [0, 0.1) is 0 Å². The van der Waals surface area contributed by atoms with Gasteiger partial charge in [-0.2, -0.15) is 0 Å². The van der Waals surface area contributed by atoms with Crippen LogP contribution in [0.25, 0.3) is 49.9 Å². The van der Waals surface area contributed by atoms with Crippen LogP contribution in [0.15, 0.2) is 182 Å². The van der Waals surface area contributed by atoms with Crippen LogP contribution < -0.4 is 0 Å². The Kier molecular flexibility index (Phi) is 5.14. The van der Waals surface area contributed by atoms with E-state index in [2.05, 4.69) is 174 Å². The van der Waals surface area contributed by atoms with Crippen LogP contribution >= 0.6 is 0 Å². The average molecular weight is 647 g/mol. The minimum Gasteiger partial charge on any atom is -0.294 e. The van der Waals surface area contributed by atoms with Crippen LogP contribution in [0.2, 0.25) is 0 Å². The summed E-state index contributed by atoms with van der Waals surface area (Å²) in [6.07, 6.45) is 1.89. The third-order valence-corrected chi connectivity index (χ3v) is 12.1. The summed E-state index contributed by atoms with van der Waals surface area (Å²) in [4.78, 5) is 4.84. The van der Waals surface area contributed by atoms with Crippen molar-refractivity contribution < 1.29 is 0 Å². The van der Waals surface area contributed by atoms with Crippen molar-refractivity contribution in [2.24, 2.45) is 0 Å². The van der Waals surface area contributed by atoms with Crippen molar-refractivity contribution in [1.29, 1.82) is 0 Å². The molecule has 3 aliphatic rings. The zero-order valence-corrected chi connectivity index (χ0v) is 27.7. The fourth-order valence-corrected chi connectivity index (χ4v) is 10.4. The standard InChI is InChI=1S/C49H30N2/c1-5-19-37-31(15-1)32-16-2-6-20-38(32)48(37)40-22-8-10-24-42(40)49(43-25-11-9-23-41(43)48)39-21-7-3-17-33(39)35-30-46-36(29-44(35)49)34-18-4-12-26-45(34)51(46)47-27-13-14-28-50-47/h1-30H. The predicted octanol–water partition coefficient (Wildman–Crippen LogP) is 11.2. The molecule has 0 amide bonds. The molecular formula is C49H30N2. The highest BCUT2D eigenvalue weighted by molar-refractivity contribution is 6.12. The van der Waals surface area contributed by atoms with Crippen LogP contribution in [0.1, 0.15) is 44.5 Å². The molecule has 2 heteroatoms. The molecule has 2 heterocycles. The van der Waals surface area contributed by atoms with Gasteiger partial charge in [0.15, 0.2) is 0 Å². The fourth-order valence-electron chi connectivity index (χ4n) is 10.4. The molecule has 0 fully saturated rings. The Labute approximate surface area is 295 Å². The number of aromatic nitrogens is 2. The molecule has 0 atom stereocenters. The summed E-state index contributed by atoms with van der Waals surface area (Å²) in [5.41, 5.74) is 17.5. The van der Waals surface area contributed by atoms with Gasteiger partial charge in [0.1, 0.15) is 5.82 Å². The van der Waals surface area contributed by atoms with Crippen molar-refractivity contribution in [1.82, 2.24) is 9.55 Å². The van der Waals surface area contributed by atoms with Crippen molar-refractivity contribution in [3.8, 4) is 28.1 Å². The highest BCUT2D eigenvalue weighted by atomic mass is 15.1. The Morgan fingerprint density at radius 2 is 0.784 bits per heavy atom. The van der Waals surface area contributed by atoms with Gasteiger partial charge in [-0.15, -0.1) is 0 Å². The summed E-state index contributed by atoms with van der Waals surface area (Å²) >= 11 is 0. The number of hydrogen-bond acceptors (Lipinski definition) is 1. The van der Waals surface area contributed by atoms with Crippen molar-refractivity contribution >= 4 is 21.8 Å². The van der Waals surface area contributed by atoms with Gasteiger partial charge >= 0.3 is 0 Å². The lowest BCUT2D eigenvalue weighted by Gasteiger charge is -2.48. The van der Waals surface area contributed by atoms with E-state index in [4.69, 9.17) is 4.98 Å². The van der Waals surface area contributed by atoms with Crippen molar-refractivity contribution in [3.05, 3.63) is 227 Å². The summed E-state index contributed by atoms with van der Waals surface area (Å²) in [5.74, 6) is 0.929. The van der Waals surface area contributed by atoms with E-state index in [1.807, 2.05) is 12.3 Å². The van der Waals surface area contributed by atoms with Crippen LogP contribution in [-0.4, -0.2) is 9.55 Å². The largest absolute Gasteiger partial charge is 0.294 e. The molecule has 0 saturated carbocycles. The molecule has 51 heavy (non-hydrogen) atoms. The summed E-state index contributed by atoms with van der Waals surface area (Å²) in [6.45, 7) is 0. The number of fused-ring (bicyclic) bond motifs is 19. The van der Waals surface area contributed by atoms with Gasteiger partial charge in [0, 0.05) is 17.0 Å². The van der Waals surface area contributed by atoms with Crippen molar-refractivity contribution in [2.75, 3.05) is 0 Å². The van der Waals surface area contributed by atoms with E-state index in [1.54, 1.807) is 0 Å². The van der Waals surface area contributed by atoms with E-state index in [0.717, 1.165) is 5.82 Å². The quantitative estimate of drug-likeness (QED) is 0.174. The number of benzene rings is 7. The summed E-state index contributed by atoms with van der Waals surface area (Å²) in [6, 6.07) is 65.9. The lowest BCUT2D eigenvalue weighted by atomic mass is 9.52. The molecule has 0 aliphatic heterocycles. The molecule has 2 nitrogen and oxygen atoms in total. The SMILES string of the molecule is c1ccc(-n2c3ccccc3c3cc4c(cc32)-c2ccccc2C42c3ccccc3C3(c4ccccc4-c4ccccc43)c3ccccc32)nc1. The summed E-state index contributed by atoms with van der Waals surface area (Å²) < 4.78 is 2.34. The third-order valence-electron chi connectivity index (χ3n) is 12.1. The lowest BCUT2D eigenvalue weighted by Crippen LogP contribution is -2.43. The van der Waals surface area contributed by atoms with E-state index < -0.39 is 10.8 Å². The van der Waals surface area contributed by atoms with Gasteiger partial charge in [-0.3, -0.25) is 4.57 Å². The predicted molar refractivity (Wildman–Crippen MR) is 207 cm³/mol. The number of pyridine rings is 1. The number of nitrogens with zero attached hydrogens (tertiary/aromatic N) is 2. The molecular weight excluding hydrogens is 617 g/mol. The second kappa shape index (κ2) is 9.59. The maximum atomic E-state index is 4.84. The Balaban J connectivity index is 1.27. The number of hydrogen-bond donors (Lipinski definition) is 0. The molecule has 12 rings (SSSR count). The van der Waals surface area contributed by atoms with Crippen molar-refractivity contribution in [3.63, 3.8) is 0 Å². The van der Waals surface area contributed by atoms with Crippen LogP contribution in [-0.2, 0) is 10.8 Å². The van der Waals surface area contributed by atoms with Gasteiger partial charge in [-0.25, -0.2) is 4.98 Å². The molecule has 0 unspecified atom stereocenters. The molecule has 0 N–H and O–H groups in total. The third kappa shape index (κ3) is 3.10. The smallest absolute Gasteiger partial charge is 0.137 e. The van der Waals surface area contributed by atoms with E-state index in [-0.39, 0.29) is 0 Å². The average Bonchev–Trinajstić information content (AvgIpc) is 3.79. The van der Waals surface area contributed by atoms with Gasteiger partial charge in [0.25, 0.3) is 0 Å². The molecule has 7 aromatic carbocycles. The van der Waals surface area contributed by atoms with Crippen LogP contribution in [0.3, 0.4) is 0 Å². The first-order valence-corrected chi connectivity index (χ1v) is 17.8. The van der Waals surface area contributed by atoms with Crippen molar-refractivity contribution in [2.45, 2.75) is 10.8 Å². The highest BCUT2D eigenvalue weighted by Gasteiger charge is 2.58. The Hall–Kier alpha value is -6.51. The van der Waals surface area contributed by atoms with E-state index in [9.17, 15) is 0 Å². The van der Waals surface area contributed by atoms with Gasteiger partial charge in [0.2, 0.25) is 0 Å². The lowest BCUT2D eigenvalue weighted by molar-refractivity contribution is 0.633. The van der Waals surface area contributed by atoms with E-state index in [0.29, 0.717) is 0 Å². The Bertz CT molecular complexity index is 2830. The molecule has 2 spiro atoms. The first kappa shape index (κ1) is 27.3.